The average molecular weight is 683 g/mol. The fraction of sp³-hybridized carbons (Fsp3) is 0.333. The Morgan fingerprint density at radius 3 is 1.98 bits per heavy atom. The van der Waals surface area contributed by atoms with E-state index in [1.165, 1.54) is 6.08 Å². The Balaban J connectivity index is 0.911. The highest BCUT2D eigenvalue weighted by atomic mass is 27.2. The molecule has 0 amide bonds. The molecule has 0 aliphatic carbocycles. The lowest BCUT2D eigenvalue weighted by atomic mass is 10.1. The van der Waals surface area contributed by atoms with Crippen LogP contribution < -0.4 is 9.64 Å². The fourth-order valence-electron chi connectivity index (χ4n) is 6.94. The number of ether oxygens (including phenoxy) is 3. The first-order chi connectivity index (χ1) is 23.6. The van der Waals surface area contributed by atoms with Crippen LogP contribution in [0.3, 0.4) is 0 Å². The second-order valence-electron chi connectivity index (χ2n) is 13.0. The van der Waals surface area contributed by atoms with Crippen molar-refractivity contribution in [2.24, 2.45) is 0 Å². The maximum Gasteiger partial charge on any atom is 0.672 e. The van der Waals surface area contributed by atoms with Crippen molar-refractivity contribution in [3.05, 3.63) is 101 Å². The predicted molar refractivity (Wildman–Crippen MR) is 179 cm³/mol. The third-order valence-corrected chi connectivity index (χ3v) is 12.4. The number of carbonyl (C=O) groups is 4. The van der Waals surface area contributed by atoms with Gasteiger partial charge in [0.05, 0.1) is 19.5 Å². The Kier molecular flexibility index (Phi) is 8.89. The molecule has 3 aromatic carbocycles. The van der Waals surface area contributed by atoms with E-state index in [0.29, 0.717) is 44.0 Å². The molecule has 4 heterocycles. The van der Waals surface area contributed by atoms with Crippen LogP contribution >= 0.6 is 0 Å². The number of anilines is 1. The molecule has 0 unspecified atom stereocenters. The van der Waals surface area contributed by atoms with Gasteiger partial charge in [0.2, 0.25) is 0 Å². The van der Waals surface area contributed by atoms with E-state index >= 15 is 3.52 Å². The van der Waals surface area contributed by atoms with E-state index in [9.17, 15) is 19.2 Å². The molecule has 13 heteroatoms. The van der Waals surface area contributed by atoms with Gasteiger partial charge in [0.1, 0.15) is 5.75 Å². The van der Waals surface area contributed by atoms with Gasteiger partial charge in [-0.1, -0.05) is 42.5 Å². The Labute approximate surface area is 288 Å². The zero-order chi connectivity index (χ0) is 34.3. The van der Waals surface area contributed by atoms with E-state index in [-0.39, 0.29) is 25.3 Å². The van der Waals surface area contributed by atoms with Crippen LogP contribution in [-0.4, -0.2) is 116 Å². The number of hydrogen-bond donors (Lipinski definition) is 0. The summed E-state index contributed by atoms with van der Waals surface area (Å²) in [5, 5.41) is 0. The molecule has 0 saturated carbocycles. The van der Waals surface area contributed by atoms with Gasteiger partial charge < -0.3 is 22.6 Å². The van der Waals surface area contributed by atoms with Gasteiger partial charge in [-0.05, 0) is 59.2 Å². The number of benzene rings is 3. The zero-order valence-electron chi connectivity index (χ0n) is 27.3. The number of carbonyl (C=O) groups excluding carboxylic acids is 4. The summed E-state index contributed by atoms with van der Waals surface area (Å²) in [6.07, 6.45) is 3.36. The molecule has 252 valence electrons. The van der Waals surface area contributed by atoms with Gasteiger partial charge in [-0.15, -0.1) is 0 Å². The second kappa shape index (κ2) is 13.2. The molecule has 2 spiro atoms. The molecular weight excluding hydrogens is 646 g/mol. The number of nitrogens with zero attached hydrogens (tertiary/aromatic N) is 4. The van der Waals surface area contributed by atoms with Crippen LogP contribution in [0.5, 0.6) is 5.75 Å². The highest BCUT2D eigenvalue weighted by molar-refractivity contribution is 6.72. The van der Waals surface area contributed by atoms with Crippen molar-refractivity contribution in [1.82, 2.24) is 14.7 Å². The Bertz CT molecular complexity index is 1760. The van der Waals surface area contributed by atoms with Gasteiger partial charge in [0.15, 0.2) is 15.0 Å². The van der Waals surface area contributed by atoms with Gasteiger partial charge in [0, 0.05) is 58.1 Å². The molecular formula is C36H36AlFN4O7. The van der Waals surface area contributed by atoms with Crippen molar-refractivity contribution >= 4 is 50.1 Å². The second-order valence-corrected chi connectivity index (χ2v) is 15.3. The molecule has 4 fully saturated rings. The van der Waals surface area contributed by atoms with Crippen molar-refractivity contribution in [2.45, 2.75) is 22.1 Å². The summed E-state index contributed by atoms with van der Waals surface area (Å²) in [5.41, 5.74) is 4.29. The molecule has 3 aromatic rings. The summed E-state index contributed by atoms with van der Waals surface area (Å²) in [4.78, 5) is 57.5. The van der Waals surface area contributed by atoms with Gasteiger partial charge in [0.25, 0.3) is 0 Å². The lowest BCUT2D eigenvalue weighted by molar-refractivity contribution is -0.165. The van der Waals surface area contributed by atoms with Crippen LogP contribution in [0.4, 0.5) is 9.21 Å². The molecule has 7 rings (SSSR count). The summed E-state index contributed by atoms with van der Waals surface area (Å²) >= 11 is -3.23. The Morgan fingerprint density at radius 1 is 0.837 bits per heavy atom. The topological polar surface area (TPSA) is 109 Å². The van der Waals surface area contributed by atoms with Crippen molar-refractivity contribution < 1.29 is 36.9 Å². The van der Waals surface area contributed by atoms with E-state index < -0.39 is 41.7 Å². The number of hydrogen-bond acceptors (Lipinski definition) is 11. The Hall–Kier alpha value is -4.38. The third kappa shape index (κ3) is 6.29. The van der Waals surface area contributed by atoms with Crippen molar-refractivity contribution in [1.29, 1.82) is 0 Å². The van der Waals surface area contributed by atoms with Gasteiger partial charge >= 0.3 is 32.5 Å². The lowest BCUT2D eigenvalue weighted by Crippen LogP contribution is -2.47. The minimum atomic E-state index is -3.23. The molecule has 0 aromatic heterocycles. The maximum absolute atomic E-state index is 15.5. The summed E-state index contributed by atoms with van der Waals surface area (Å²) in [5.74, 6) is -1.20. The fourth-order valence-corrected chi connectivity index (χ4v) is 9.87. The minimum Gasteiger partial charge on any atom is -0.451 e. The SMILES string of the molecule is CN(C)c1ccc(/C=C/C(=O)c2ccc(OC(=O)Cc3ccc(CN4CCN5CC(=O)O[C@@]56[Al]([F])[C@]65OC(=O)CN5CC4)cc3)cc2)cc1. The van der Waals surface area contributed by atoms with Crippen molar-refractivity contribution in [2.75, 3.05) is 58.3 Å². The van der Waals surface area contributed by atoms with E-state index in [1.54, 1.807) is 40.1 Å². The first-order valence-electron chi connectivity index (χ1n) is 16.3. The maximum atomic E-state index is 15.5. The van der Waals surface area contributed by atoms with Gasteiger partial charge in [-0.25, -0.2) is 0 Å². The molecule has 0 bridgehead atoms. The molecule has 0 N–H and O–H groups in total. The van der Waals surface area contributed by atoms with Crippen molar-refractivity contribution in [3.8, 4) is 5.75 Å². The summed E-state index contributed by atoms with van der Waals surface area (Å²) in [6.45, 7) is 2.53. The smallest absolute Gasteiger partial charge is 0.451 e. The molecule has 0 radical (unpaired) electrons. The lowest BCUT2D eigenvalue weighted by Gasteiger charge is -2.29. The number of halogens is 1. The van der Waals surface area contributed by atoms with Gasteiger partial charge in [-0.2, -0.15) is 0 Å². The van der Waals surface area contributed by atoms with Crippen LogP contribution in [0.1, 0.15) is 27.0 Å². The van der Waals surface area contributed by atoms with E-state index in [2.05, 4.69) is 4.90 Å². The third-order valence-electron chi connectivity index (χ3n) is 9.59. The summed E-state index contributed by atoms with van der Waals surface area (Å²) < 4.78 is 29.2. The minimum absolute atomic E-state index is 0.0220. The molecule has 49 heavy (non-hydrogen) atoms. The zero-order valence-corrected chi connectivity index (χ0v) is 28.5. The normalized spacial score (nSPS) is 23.9. The van der Waals surface area contributed by atoms with Crippen molar-refractivity contribution in [3.63, 3.8) is 0 Å². The van der Waals surface area contributed by atoms with E-state index in [4.69, 9.17) is 14.2 Å². The molecule has 2 atom stereocenters. The number of allylic oxidation sites excluding steroid dienone is 1. The van der Waals surface area contributed by atoms with Crippen LogP contribution in [0.15, 0.2) is 78.9 Å². The van der Waals surface area contributed by atoms with E-state index in [0.717, 1.165) is 22.4 Å². The molecule has 4 aliphatic rings. The first-order valence-corrected chi connectivity index (χ1v) is 17.8. The van der Waals surface area contributed by atoms with Crippen LogP contribution in [0.2, 0.25) is 0 Å². The molecule has 11 nitrogen and oxygen atoms in total. The standard InChI is InChI=1S/C36H36N4O7.Al.FH/c1-37(2)29-12-7-25(8-13-29)9-16-31(41)28-10-14-30(15-11-28)45-32(42)21-26-3-5-27(6-4-26)22-38-17-19-39-23-33(43)46-35(39)36-40(20-18-38)24-34(44)47-36;;/h3-16H,17-24H2,1-2H3;;1H/q;+1;/p-1/b16-9+;;. The van der Waals surface area contributed by atoms with Crippen LogP contribution in [0.25, 0.3) is 6.08 Å². The molecule has 4 saturated heterocycles. The quantitative estimate of drug-likeness (QED) is 0.109. The number of ketones is 1. The highest BCUT2D eigenvalue weighted by Gasteiger charge is 2.99. The average Bonchev–Trinajstić information content (AvgIpc) is 3.34. The largest absolute Gasteiger partial charge is 0.672 e. The van der Waals surface area contributed by atoms with E-state index in [1.807, 2.05) is 67.5 Å². The van der Waals surface area contributed by atoms with Crippen LogP contribution in [-0.2, 0) is 36.8 Å². The number of esters is 3. The summed E-state index contributed by atoms with van der Waals surface area (Å²) in [7, 11) is 3.94. The Morgan fingerprint density at radius 2 is 1.41 bits per heavy atom. The van der Waals surface area contributed by atoms with Gasteiger partial charge in [-0.3, -0.25) is 33.9 Å². The first kappa shape index (κ1) is 33.1. The monoisotopic (exact) mass is 682 g/mol. The number of rotatable bonds is 9. The van der Waals surface area contributed by atoms with Crippen LogP contribution in [0, 0.1) is 0 Å². The highest BCUT2D eigenvalue weighted by Crippen LogP contribution is 2.60. The molecule has 4 aliphatic heterocycles. The predicted octanol–water partition coefficient (Wildman–Crippen LogP) is 2.78. The summed E-state index contributed by atoms with van der Waals surface area (Å²) in [6, 6.07) is 22.0.